The molecule has 1 fully saturated rings. The van der Waals surface area contributed by atoms with Gasteiger partial charge in [0, 0.05) is 19.3 Å². The van der Waals surface area contributed by atoms with Crippen molar-refractivity contribution >= 4 is 39.3 Å². The molecule has 0 aliphatic carbocycles. The predicted molar refractivity (Wildman–Crippen MR) is 122 cm³/mol. The second-order valence-corrected chi connectivity index (χ2v) is 9.84. The van der Waals surface area contributed by atoms with Crippen molar-refractivity contribution in [2.24, 2.45) is 5.92 Å². The molecule has 0 bridgehead atoms. The van der Waals surface area contributed by atoms with Gasteiger partial charge in [-0.1, -0.05) is 0 Å². The van der Waals surface area contributed by atoms with Gasteiger partial charge >= 0.3 is 0 Å². The van der Waals surface area contributed by atoms with Gasteiger partial charge in [0.15, 0.2) is 5.69 Å². The molecule has 1 unspecified atom stereocenters. The van der Waals surface area contributed by atoms with Gasteiger partial charge in [-0.3, -0.25) is 19.4 Å². The van der Waals surface area contributed by atoms with Gasteiger partial charge in [-0.05, 0) is 50.8 Å². The van der Waals surface area contributed by atoms with Gasteiger partial charge in [0.1, 0.15) is 5.82 Å². The zero-order valence-electron chi connectivity index (χ0n) is 18.8. The number of likely N-dealkylation sites (tertiary alicyclic amines) is 1. The second kappa shape index (κ2) is 8.99. The average molecular weight is 473 g/mol. The minimum Gasteiger partial charge on any atom is -0.348 e. The molecule has 174 valence electrons. The first-order chi connectivity index (χ1) is 15.6. The highest BCUT2D eigenvalue weighted by atomic mass is 32.1. The van der Waals surface area contributed by atoms with Crippen LogP contribution in [0.25, 0.3) is 10.2 Å². The first kappa shape index (κ1) is 23.0. The van der Waals surface area contributed by atoms with E-state index >= 15 is 0 Å². The summed E-state index contributed by atoms with van der Waals surface area (Å²) >= 11 is 1.38. The second-order valence-electron chi connectivity index (χ2n) is 8.92. The van der Waals surface area contributed by atoms with Crippen LogP contribution in [-0.4, -0.2) is 50.4 Å². The van der Waals surface area contributed by atoms with E-state index in [2.05, 4.69) is 25.7 Å². The topological polar surface area (TPSA) is 109 Å². The number of carbonyl (C=O) groups is 2. The smallest absolute Gasteiger partial charge is 0.274 e. The number of carbonyl (C=O) groups excluding carboxylic acids is 2. The molecule has 0 spiro atoms. The molecule has 3 aromatic rings. The normalized spacial score (nSPS) is 15.2. The van der Waals surface area contributed by atoms with E-state index in [4.69, 9.17) is 4.84 Å². The van der Waals surface area contributed by atoms with Crippen LogP contribution < -0.4 is 10.8 Å². The molecular formula is C22H25FN6O3S. The van der Waals surface area contributed by atoms with Gasteiger partial charge in [0.25, 0.3) is 5.91 Å². The van der Waals surface area contributed by atoms with Gasteiger partial charge in [0.05, 0.1) is 34.0 Å². The number of hydroxylamine groups is 1. The molecule has 3 aromatic heterocycles. The maximum atomic E-state index is 13.5. The van der Waals surface area contributed by atoms with E-state index < -0.39 is 11.4 Å². The first-order valence-electron chi connectivity index (χ1n) is 10.5. The SMILES string of the molecule is CC(Nc1nc(C(=O)N2CC(C(=O)NOC(C)(C)C)C2)c2sccc2n1)c1cncc(F)c1. The van der Waals surface area contributed by atoms with Crippen LogP contribution in [0.3, 0.4) is 0 Å². The van der Waals surface area contributed by atoms with Gasteiger partial charge in [-0.15, -0.1) is 11.3 Å². The molecule has 1 aliphatic heterocycles. The molecule has 2 N–H and O–H groups in total. The average Bonchev–Trinajstić information content (AvgIpc) is 3.18. The Kier molecular flexibility index (Phi) is 6.26. The van der Waals surface area contributed by atoms with E-state index in [1.807, 2.05) is 39.1 Å². The Balaban J connectivity index is 1.47. The van der Waals surface area contributed by atoms with Gasteiger partial charge in [0.2, 0.25) is 11.9 Å². The number of amides is 2. The number of hydrogen-bond acceptors (Lipinski definition) is 8. The fourth-order valence-corrected chi connectivity index (χ4v) is 4.07. The molecule has 1 saturated heterocycles. The summed E-state index contributed by atoms with van der Waals surface area (Å²) in [5.41, 5.74) is 3.50. The minimum absolute atomic E-state index is 0.252. The van der Waals surface area contributed by atoms with Crippen LogP contribution in [0.5, 0.6) is 0 Å². The zero-order valence-corrected chi connectivity index (χ0v) is 19.6. The number of pyridine rings is 1. The fraction of sp³-hybridized carbons (Fsp3) is 0.409. The largest absolute Gasteiger partial charge is 0.348 e. The Morgan fingerprint density at radius 3 is 2.73 bits per heavy atom. The van der Waals surface area contributed by atoms with Gasteiger partial charge in [-0.2, -0.15) is 0 Å². The highest BCUT2D eigenvalue weighted by Gasteiger charge is 2.38. The lowest BCUT2D eigenvalue weighted by molar-refractivity contribution is -0.153. The number of nitrogens with one attached hydrogen (secondary N) is 2. The van der Waals surface area contributed by atoms with E-state index in [-0.39, 0.29) is 48.5 Å². The van der Waals surface area contributed by atoms with E-state index in [0.29, 0.717) is 15.8 Å². The summed E-state index contributed by atoms with van der Waals surface area (Å²) in [6.45, 7) is 7.90. The molecule has 33 heavy (non-hydrogen) atoms. The number of anilines is 1. The van der Waals surface area contributed by atoms with Crippen molar-refractivity contribution in [3.8, 4) is 0 Å². The van der Waals surface area contributed by atoms with Crippen molar-refractivity contribution in [2.45, 2.75) is 39.3 Å². The summed E-state index contributed by atoms with van der Waals surface area (Å²) in [6.07, 6.45) is 2.70. The van der Waals surface area contributed by atoms with Crippen molar-refractivity contribution in [1.82, 2.24) is 25.3 Å². The Morgan fingerprint density at radius 2 is 2.03 bits per heavy atom. The maximum Gasteiger partial charge on any atom is 0.274 e. The van der Waals surface area contributed by atoms with Crippen LogP contribution in [0.1, 0.15) is 49.8 Å². The van der Waals surface area contributed by atoms with Crippen molar-refractivity contribution in [1.29, 1.82) is 0 Å². The maximum absolute atomic E-state index is 13.5. The van der Waals surface area contributed by atoms with E-state index in [1.54, 1.807) is 11.1 Å². The van der Waals surface area contributed by atoms with Gasteiger partial charge in [-0.25, -0.2) is 19.8 Å². The summed E-state index contributed by atoms with van der Waals surface area (Å²) < 4.78 is 14.2. The lowest BCUT2D eigenvalue weighted by Gasteiger charge is -2.38. The van der Waals surface area contributed by atoms with Crippen LogP contribution in [0.15, 0.2) is 29.9 Å². The number of nitrogens with zero attached hydrogens (tertiary/aromatic N) is 4. The first-order valence-corrected chi connectivity index (χ1v) is 11.4. The van der Waals surface area contributed by atoms with Crippen LogP contribution in [-0.2, 0) is 9.63 Å². The Morgan fingerprint density at radius 1 is 1.27 bits per heavy atom. The van der Waals surface area contributed by atoms with Crippen molar-refractivity contribution < 1.29 is 18.8 Å². The molecule has 2 amide bonds. The third-order valence-electron chi connectivity index (χ3n) is 5.08. The Labute approximate surface area is 194 Å². The quantitative estimate of drug-likeness (QED) is 0.530. The zero-order chi connectivity index (χ0) is 23.8. The Bertz CT molecular complexity index is 1190. The summed E-state index contributed by atoms with van der Waals surface area (Å²) in [4.78, 5) is 45.1. The molecule has 1 aliphatic rings. The lowest BCUT2D eigenvalue weighted by atomic mass is 9.99. The van der Waals surface area contributed by atoms with Crippen LogP contribution in [0, 0.1) is 11.7 Å². The molecule has 9 nitrogen and oxygen atoms in total. The van der Waals surface area contributed by atoms with Crippen LogP contribution in [0.4, 0.5) is 10.3 Å². The number of thiophene rings is 1. The van der Waals surface area contributed by atoms with E-state index in [9.17, 15) is 14.0 Å². The highest BCUT2D eigenvalue weighted by Crippen LogP contribution is 2.28. The number of aromatic nitrogens is 3. The molecule has 0 radical (unpaired) electrons. The predicted octanol–water partition coefficient (Wildman–Crippen LogP) is 3.32. The number of halogens is 1. The molecule has 0 aromatic carbocycles. The fourth-order valence-electron chi connectivity index (χ4n) is 3.26. The van der Waals surface area contributed by atoms with E-state index in [1.165, 1.54) is 17.4 Å². The third-order valence-corrected chi connectivity index (χ3v) is 5.99. The number of hydrogen-bond donors (Lipinski definition) is 2. The van der Waals surface area contributed by atoms with Crippen molar-refractivity contribution in [3.05, 3.63) is 47.0 Å². The van der Waals surface area contributed by atoms with Crippen molar-refractivity contribution in [2.75, 3.05) is 18.4 Å². The summed E-state index contributed by atoms with van der Waals surface area (Å²) in [5.74, 6) is -1.04. The van der Waals surface area contributed by atoms with E-state index in [0.717, 1.165) is 6.20 Å². The highest BCUT2D eigenvalue weighted by molar-refractivity contribution is 7.17. The molecule has 4 heterocycles. The van der Waals surface area contributed by atoms with Crippen LogP contribution >= 0.6 is 11.3 Å². The number of fused-ring (bicyclic) bond motifs is 1. The molecular weight excluding hydrogens is 447 g/mol. The summed E-state index contributed by atoms with van der Waals surface area (Å²) in [5, 5.41) is 4.96. The van der Waals surface area contributed by atoms with Crippen LogP contribution in [0.2, 0.25) is 0 Å². The minimum atomic E-state index is -0.497. The molecule has 11 heteroatoms. The lowest BCUT2D eigenvalue weighted by Crippen LogP contribution is -2.56. The summed E-state index contributed by atoms with van der Waals surface area (Å²) in [6, 6.07) is 2.87. The number of rotatable bonds is 6. The summed E-state index contributed by atoms with van der Waals surface area (Å²) in [7, 11) is 0. The third kappa shape index (κ3) is 5.25. The Hall–Kier alpha value is -3.18. The van der Waals surface area contributed by atoms with Crippen molar-refractivity contribution in [3.63, 3.8) is 0 Å². The standard InChI is InChI=1S/C22H25FN6O3S/c1-12(13-7-15(23)9-24-8-13)25-21-26-16-5-6-33-18(16)17(27-21)20(31)29-10-14(11-29)19(30)28-32-22(2,3)4/h5-9,12,14H,10-11H2,1-4H3,(H,28,30)(H,25,26,27). The molecule has 0 saturated carbocycles. The monoisotopic (exact) mass is 472 g/mol. The molecule has 1 atom stereocenters. The van der Waals surface area contributed by atoms with Gasteiger partial charge < -0.3 is 10.2 Å². The molecule has 4 rings (SSSR count).